The number of Topliss-reactive ketones (excluding diaryl/α,β-unsaturated/α-hetero) is 1. The molecule has 0 atom stereocenters. The van der Waals surface area contributed by atoms with E-state index >= 15 is 0 Å². The average molecular weight is 625 g/mol. The van der Waals surface area contributed by atoms with Crippen molar-refractivity contribution in [2.75, 3.05) is 92.3 Å². The Morgan fingerprint density at radius 1 is 0.848 bits per heavy atom. The summed E-state index contributed by atoms with van der Waals surface area (Å²) in [7, 11) is 0. The van der Waals surface area contributed by atoms with Gasteiger partial charge in [0.25, 0.3) is 5.69 Å². The molecule has 0 aliphatic carbocycles. The third-order valence-electron chi connectivity index (χ3n) is 8.01. The molecule has 4 aromatic rings. The van der Waals surface area contributed by atoms with E-state index in [1.165, 1.54) is 12.3 Å². The van der Waals surface area contributed by atoms with Crippen LogP contribution < -0.4 is 20.0 Å². The number of benzene rings is 2. The summed E-state index contributed by atoms with van der Waals surface area (Å²) in [6.45, 7) is 7.03. The van der Waals surface area contributed by atoms with Crippen molar-refractivity contribution in [1.82, 2.24) is 15.0 Å². The summed E-state index contributed by atoms with van der Waals surface area (Å²) >= 11 is 0. The molecule has 1 N–H and O–H groups in total. The molecule has 2 fully saturated rings. The van der Waals surface area contributed by atoms with E-state index in [4.69, 9.17) is 14.5 Å². The lowest BCUT2D eigenvalue weighted by Gasteiger charge is -2.29. The van der Waals surface area contributed by atoms with E-state index in [0.29, 0.717) is 43.6 Å². The number of hydrogen-bond donors (Lipinski definition) is 1. The van der Waals surface area contributed by atoms with Gasteiger partial charge in [0.05, 0.1) is 43.6 Å². The molecular weight excluding hydrogens is 588 g/mol. The number of rotatable bonds is 12. The number of nitrogens with zero attached hydrogens (tertiary/aromatic N) is 7. The number of aromatic nitrogens is 3. The maximum absolute atomic E-state index is 13.6. The minimum atomic E-state index is -0.488. The summed E-state index contributed by atoms with van der Waals surface area (Å²) in [4.78, 5) is 44.0. The molecule has 13 nitrogen and oxygen atoms in total. The fraction of sp³-hybridized carbons (Fsp3) is 0.333. The summed E-state index contributed by atoms with van der Waals surface area (Å²) in [6, 6.07) is 20.7. The molecule has 0 bridgehead atoms. The van der Waals surface area contributed by atoms with Crippen LogP contribution in [0.3, 0.4) is 0 Å². The molecule has 2 aliphatic rings. The van der Waals surface area contributed by atoms with E-state index < -0.39 is 4.92 Å². The second kappa shape index (κ2) is 14.8. The molecule has 0 unspecified atom stereocenters. The van der Waals surface area contributed by atoms with Gasteiger partial charge in [-0.25, -0.2) is 15.0 Å². The number of anilines is 4. The van der Waals surface area contributed by atoms with Gasteiger partial charge in [-0.3, -0.25) is 14.9 Å². The van der Waals surface area contributed by atoms with Crippen LogP contribution in [0.1, 0.15) is 10.4 Å². The third-order valence-corrected chi connectivity index (χ3v) is 8.01. The first-order valence-electron chi connectivity index (χ1n) is 15.3. The van der Waals surface area contributed by atoms with Crippen molar-refractivity contribution in [3.63, 3.8) is 0 Å². The number of nitrogens with one attached hydrogen (secondary N) is 1. The summed E-state index contributed by atoms with van der Waals surface area (Å²) in [6.07, 6.45) is 2.91. The highest BCUT2D eigenvalue weighted by Crippen LogP contribution is 2.24. The van der Waals surface area contributed by atoms with Gasteiger partial charge < -0.3 is 29.5 Å². The van der Waals surface area contributed by atoms with E-state index in [9.17, 15) is 14.9 Å². The standard InChI is InChI=1S/C33H36N8O5/c42-31(26-3-7-28(8-4-26)39-17-21-46-22-18-39)24-40(14-13-34-32-10-9-29(23-36-32)41(43)44)33-35-12-11-30(37-33)25-1-5-27(6-2-25)38-15-19-45-20-16-38/h1-12,23H,13-22,24H2,(H,34,36). The lowest BCUT2D eigenvalue weighted by atomic mass is 10.1. The van der Waals surface area contributed by atoms with Crippen LogP contribution in [0.15, 0.2) is 79.1 Å². The molecular formula is C33H36N8O5. The van der Waals surface area contributed by atoms with Crippen LogP contribution in [0.2, 0.25) is 0 Å². The van der Waals surface area contributed by atoms with Gasteiger partial charge in [0.1, 0.15) is 12.0 Å². The van der Waals surface area contributed by atoms with Gasteiger partial charge in [-0.2, -0.15) is 0 Å². The normalized spacial score (nSPS) is 15.0. The SMILES string of the molecule is O=C(CN(CCNc1ccc([N+](=O)[O-])cn1)c1nccc(-c2ccc(N3CCOCC3)cc2)n1)c1ccc(N2CCOCC2)cc1. The summed E-state index contributed by atoms with van der Waals surface area (Å²) in [5, 5.41) is 14.2. The Morgan fingerprint density at radius 2 is 1.48 bits per heavy atom. The van der Waals surface area contributed by atoms with Crippen molar-refractivity contribution in [3.8, 4) is 11.3 Å². The zero-order chi connectivity index (χ0) is 31.7. The predicted octanol–water partition coefficient (Wildman–Crippen LogP) is 3.92. The topological polar surface area (TPSA) is 139 Å². The van der Waals surface area contributed by atoms with E-state index in [1.807, 2.05) is 47.4 Å². The minimum Gasteiger partial charge on any atom is -0.378 e. The molecule has 0 radical (unpaired) electrons. The molecule has 46 heavy (non-hydrogen) atoms. The number of morpholine rings is 2. The Bertz CT molecular complexity index is 1610. The molecule has 2 aliphatic heterocycles. The second-order valence-corrected chi connectivity index (χ2v) is 11.0. The Labute approximate surface area is 267 Å². The van der Waals surface area contributed by atoms with Gasteiger partial charge in [0, 0.05) is 74.0 Å². The van der Waals surface area contributed by atoms with Gasteiger partial charge in [-0.05, 0) is 48.5 Å². The van der Waals surface area contributed by atoms with Crippen LogP contribution in [0.5, 0.6) is 0 Å². The minimum absolute atomic E-state index is 0.0612. The number of hydrogen-bond acceptors (Lipinski definition) is 12. The Balaban J connectivity index is 1.18. The molecule has 4 heterocycles. The van der Waals surface area contributed by atoms with Gasteiger partial charge in [-0.1, -0.05) is 12.1 Å². The van der Waals surface area contributed by atoms with E-state index in [-0.39, 0.29) is 18.0 Å². The largest absolute Gasteiger partial charge is 0.378 e. The second-order valence-electron chi connectivity index (χ2n) is 11.0. The van der Waals surface area contributed by atoms with Gasteiger partial charge in [0.2, 0.25) is 5.95 Å². The zero-order valence-electron chi connectivity index (χ0n) is 25.5. The van der Waals surface area contributed by atoms with Crippen LogP contribution in [0.4, 0.5) is 28.8 Å². The smallest absolute Gasteiger partial charge is 0.287 e. The first kappa shape index (κ1) is 30.9. The number of carbonyl (C=O) groups is 1. The lowest BCUT2D eigenvalue weighted by molar-refractivity contribution is -0.385. The molecule has 0 amide bonds. The van der Waals surface area contributed by atoms with E-state index in [1.54, 1.807) is 12.3 Å². The van der Waals surface area contributed by atoms with Crippen LogP contribution in [0, 0.1) is 10.1 Å². The molecule has 2 aromatic carbocycles. The number of carbonyl (C=O) groups excluding carboxylic acids is 1. The summed E-state index contributed by atoms with van der Waals surface area (Å²) < 4.78 is 10.9. The van der Waals surface area contributed by atoms with Crippen molar-refractivity contribution in [2.24, 2.45) is 0 Å². The van der Waals surface area contributed by atoms with Crippen LogP contribution >= 0.6 is 0 Å². The quantitative estimate of drug-likeness (QED) is 0.139. The van der Waals surface area contributed by atoms with Gasteiger partial charge >= 0.3 is 0 Å². The van der Waals surface area contributed by atoms with E-state index in [0.717, 1.165) is 62.0 Å². The molecule has 2 aromatic heterocycles. The number of ketones is 1. The lowest BCUT2D eigenvalue weighted by Crippen LogP contribution is -2.36. The van der Waals surface area contributed by atoms with Crippen molar-refractivity contribution >= 4 is 34.6 Å². The van der Waals surface area contributed by atoms with E-state index in [2.05, 4.69) is 37.2 Å². The maximum atomic E-state index is 13.6. The number of ether oxygens (including phenoxy) is 2. The average Bonchev–Trinajstić information content (AvgIpc) is 3.12. The van der Waals surface area contributed by atoms with Crippen LogP contribution in [-0.4, -0.2) is 97.9 Å². The Kier molecular flexibility index (Phi) is 9.90. The molecule has 6 rings (SSSR count). The highest BCUT2D eigenvalue weighted by molar-refractivity contribution is 5.99. The highest BCUT2D eigenvalue weighted by atomic mass is 16.6. The van der Waals surface area contributed by atoms with Crippen LogP contribution in [0.25, 0.3) is 11.3 Å². The molecule has 0 saturated carbocycles. The molecule has 2 saturated heterocycles. The molecule has 238 valence electrons. The number of pyridine rings is 1. The predicted molar refractivity (Wildman–Crippen MR) is 176 cm³/mol. The van der Waals surface area contributed by atoms with Crippen molar-refractivity contribution < 1.29 is 19.2 Å². The fourth-order valence-electron chi connectivity index (χ4n) is 5.44. The first-order chi connectivity index (χ1) is 22.5. The van der Waals surface area contributed by atoms with Crippen molar-refractivity contribution in [3.05, 3.63) is 94.8 Å². The van der Waals surface area contributed by atoms with Crippen LogP contribution in [-0.2, 0) is 9.47 Å². The maximum Gasteiger partial charge on any atom is 0.287 e. The molecule has 0 spiro atoms. The third kappa shape index (κ3) is 7.73. The van der Waals surface area contributed by atoms with Crippen molar-refractivity contribution in [1.29, 1.82) is 0 Å². The fourth-order valence-corrected chi connectivity index (χ4v) is 5.44. The highest BCUT2D eigenvalue weighted by Gasteiger charge is 2.19. The monoisotopic (exact) mass is 624 g/mol. The first-order valence-corrected chi connectivity index (χ1v) is 15.3. The Morgan fingerprint density at radius 3 is 2.07 bits per heavy atom. The zero-order valence-corrected chi connectivity index (χ0v) is 25.5. The Hall–Kier alpha value is -5.14. The summed E-state index contributed by atoms with van der Waals surface area (Å²) in [5.41, 5.74) is 4.41. The van der Waals surface area contributed by atoms with Gasteiger partial charge in [0.15, 0.2) is 5.78 Å². The molecule has 13 heteroatoms. The number of nitro groups is 1. The van der Waals surface area contributed by atoms with Gasteiger partial charge in [-0.15, -0.1) is 0 Å². The summed E-state index contributed by atoms with van der Waals surface area (Å²) in [5.74, 6) is 0.850. The van der Waals surface area contributed by atoms with Crippen molar-refractivity contribution in [2.45, 2.75) is 0 Å².